The number of benzene rings is 1. The molecule has 154 valence electrons. The van der Waals surface area contributed by atoms with Crippen LogP contribution in [0.5, 0.6) is 0 Å². The zero-order chi connectivity index (χ0) is 20.6. The van der Waals surface area contributed by atoms with Crippen LogP contribution in [-0.4, -0.2) is 62.8 Å². The summed E-state index contributed by atoms with van der Waals surface area (Å²) >= 11 is 6.19. The Balaban J connectivity index is 1.60. The molecule has 3 atom stereocenters. The number of fused-ring (bicyclic) bond motifs is 1. The van der Waals surface area contributed by atoms with E-state index in [1.165, 1.54) is 5.19 Å². The van der Waals surface area contributed by atoms with Crippen LogP contribution in [0, 0.1) is 0 Å². The molecule has 0 spiro atoms. The molecule has 0 amide bonds. The van der Waals surface area contributed by atoms with Gasteiger partial charge in [-0.05, 0) is 11.6 Å². The second-order valence-corrected chi connectivity index (χ2v) is 12.9. The van der Waals surface area contributed by atoms with E-state index in [-0.39, 0.29) is 11.9 Å². The zero-order valence-corrected chi connectivity index (χ0v) is 18.0. The van der Waals surface area contributed by atoms with Crippen LogP contribution in [0.3, 0.4) is 0 Å². The molecule has 1 aliphatic rings. The summed E-state index contributed by atoms with van der Waals surface area (Å²) in [6.45, 7) is 4.33. The Morgan fingerprint density at radius 2 is 2.03 bits per heavy atom. The van der Waals surface area contributed by atoms with Crippen LogP contribution < -0.4 is 10.5 Å². The fourth-order valence-corrected chi connectivity index (χ4v) is 5.64. The number of aliphatic hydroxyl groups excluding tert-OH is 2. The lowest BCUT2D eigenvalue weighted by atomic mass is 10.2. The van der Waals surface area contributed by atoms with Crippen molar-refractivity contribution in [2.75, 3.05) is 18.1 Å². The van der Waals surface area contributed by atoms with Crippen molar-refractivity contribution in [1.82, 2.24) is 19.5 Å². The smallest absolute Gasteiger partial charge is 0.226 e. The first-order valence-corrected chi connectivity index (χ1v) is 13.1. The average Bonchev–Trinajstić information content (AvgIpc) is 3.29. The van der Waals surface area contributed by atoms with Crippen LogP contribution in [0.15, 0.2) is 36.7 Å². The van der Waals surface area contributed by atoms with Crippen LogP contribution >= 0.6 is 11.6 Å². The van der Waals surface area contributed by atoms with Gasteiger partial charge in [0.25, 0.3) is 0 Å². The molecule has 2 aromatic heterocycles. The molecule has 3 aromatic rings. The van der Waals surface area contributed by atoms with Crippen molar-refractivity contribution >= 4 is 41.8 Å². The van der Waals surface area contributed by atoms with Crippen molar-refractivity contribution in [3.8, 4) is 0 Å². The quantitative estimate of drug-likeness (QED) is 0.401. The predicted octanol–water partition coefficient (Wildman–Crippen LogP) is 1.69. The normalized spacial score (nSPS) is 22.3. The number of ether oxygens (including phenoxy) is 1. The molecular weight excluding hydrogens is 410 g/mol. The van der Waals surface area contributed by atoms with Gasteiger partial charge in [0.05, 0.1) is 19.0 Å². The number of hydrogen-bond acceptors (Lipinski definition) is 7. The molecule has 29 heavy (non-hydrogen) atoms. The average molecular weight is 434 g/mol. The summed E-state index contributed by atoms with van der Waals surface area (Å²) in [4.78, 5) is 13.1. The van der Waals surface area contributed by atoms with E-state index < -0.39 is 26.5 Å². The van der Waals surface area contributed by atoms with Gasteiger partial charge in [0.1, 0.15) is 20.4 Å². The molecule has 1 aliphatic heterocycles. The number of aromatic nitrogens is 4. The van der Waals surface area contributed by atoms with E-state index in [9.17, 15) is 10.2 Å². The molecule has 10 heteroatoms. The van der Waals surface area contributed by atoms with Gasteiger partial charge in [-0.25, -0.2) is 4.98 Å². The lowest BCUT2D eigenvalue weighted by molar-refractivity contribution is -0.0432. The van der Waals surface area contributed by atoms with E-state index in [4.69, 9.17) is 16.3 Å². The van der Waals surface area contributed by atoms with Crippen LogP contribution in [-0.2, 0) is 4.74 Å². The predicted molar refractivity (Wildman–Crippen MR) is 114 cm³/mol. The molecule has 8 nitrogen and oxygen atoms in total. The summed E-state index contributed by atoms with van der Waals surface area (Å²) in [5.74, 6) is 0.576. The Hall–Kier alpha value is -2.04. The fraction of sp³-hybridized carbons (Fsp3) is 0.421. The second kappa shape index (κ2) is 8.00. The monoisotopic (exact) mass is 433 g/mol. The van der Waals surface area contributed by atoms with E-state index in [1.807, 2.05) is 6.07 Å². The number of aliphatic hydroxyl groups is 2. The van der Waals surface area contributed by atoms with Crippen molar-refractivity contribution in [3.63, 3.8) is 0 Å². The number of rotatable bonds is 6. The lowest BCUT2D eigenvalue weighted by Gasteiger charge is -2.23. The van der Waals surface area contributed by atoms with Gasteiger partial charge in [-0.3, -0.25) is 4.57 Å². The van der Waals surface area contributed by atoms with Gasteiger partial charge in [-0.15, -0.1) is 0 Å². The van der Waals surface area contributed by atoms with Crippen LogP contribution in [0.1, 0.15) is 12.6 Å². The molecular formula is C19H24ClN5O3Si. The van der Waals surface area contributed by atoms with E-state index in [0.29, 0.717) is 23.4 Å². The fourth-order valence-electron chi connectivity index (χ4n) is 3.57. The summed E-state index contributed by atoms with van der Waals surface area (Å²) in [5, 5.41) is 24.2. The Bertz CT molecular complexity index is 1000. The zero-order valence-electron chi connectivity index (χ0n) is 16.3. The minimum atomic E-state index is -1.74. The molecule has 1 saturated heterocycles. The molecule has 0 unspecified atom stereocenters. The summed E-state index contributed by atoms with van der Waals surface area (Å²) in [6, 6.07) is 10.4. The van der Waals surface area contributed by atoms with Crippen molar-refractivity contribution in [1.29, 1.82) is 0 Å². The number of halogens is 1. The maximum absolute atomic E-state index is 10.0. The van der Waals surface area contributed by atoms with Crippen molar-refractivity contribution < 1.29 is 14.9 Å². The topological polar surface area (TPSA) is 105 Å². The maximum atomic E-state index is 10.0. The number of anilines is 1. The van der Waals surface area contributed by atoms with Gasteiger partial charge in [0, 0.05) is 12.6 Å². The molecule has 3 heterocycles. The minimum absolute atomic E-state index is 0.109. The number of nitrogens with one attached hydrogen (secondary N) is 1. The van der Waals surface area contributed by atoms with Gasteiger partial charge in [-0.2, -0.15) is 9.97 Å². The van der Waals surface area contributed by atoms with Crippen LogP contribution in [0.25, 0.3) is 11.2 Å². The number of nitrogens with zero attached hydrogens (tertiary/aromatic N) is 4. The maximum Gasteiger partial charge on any atom is 0.226 e. The Morgan fingerprint density at radius 3 is 2.72 bits per heavy atom. The number of imidazole rings is 1. The van der Waals surface area contributed by atoms with Gasteiger partial charge in [0.2, 0.25) is 5.28 Å². The standard InChI is InChI=1S/C19H24ClN5O3Si/c1-29(2,12-6-4-3-5-7-12)11-22-17-16-18(24-19(20)23-17)25(10-21-16)15-8-13(27)14(9-26)28-15/h3-7,10,13-15,26-27H,8-9,11H2,1-2H3,(H,22,23,24)/t13-,14+,15+/m0/s1. The van der Waals surface area contributed by atoms with Gasteiger partial charge in [-0.1, -0.05) is 48.6 Å². The Morgan fingerprint density at radius 1 is 1.28 bits per heavy atom. The third-order valence-corrected chi connectivity index (χ3v) is 8.47. The van der Waals surface area contributed by atoms with Gasteiger partial charge >= 0.3 is 0 Å². The van der Waals surface area contributed by atoms with E-state index >= 15 is 0 Å². The molecule has 1 fully saturated rings. The van der Waals surface area contributed by atoms with Crippen LogP contribution in [0.2, 0.25) is 18.4 Å². The summed E-state index contributed by atoms with van der Waals surface area (Å²) < 4.78 is 7.46. The Kier molecular flexibility index (Phi) is 5.58. The highest BCUT2D eigenvalue weighted by Gasteiger charge is 2.35. The molecule has 1 aromatic carbocycles. The molecule has 0 aliphatic carbocycles. The Labute approximate surface area is 174 Å². The van der Waals surface area contributed by atoms with Crippen molar-refractivity contribution in [3.05, 3.63) is 41.9 Å². The molecule has 0 radical (unpaired) electrons. The van der Waals surface area contributed by atoms with E-state index in [2.05, 4.69) is 57.6 Å². The van der Waals surface area contributed by atoms with Crippen molar-refractivity contribution in [2.45, 2.75) is 38.0 Å². The largest absolute Gasteiger partial charge is 0.394 e. The molecule has 3 N–H and O–H groups in total. The molecule has 0 bridgehead atoms. The van der Waals surface area contributed by atoms with Crippen LogP contribution in [0.4, 0.5) is 5.82 Å². The third kappa shape index (κ3) is 4.01. The molecule has 0 saturated carbocycles. The first-order valence-electron chi connectivity index (χ1n) is 9.53. The van der Waals surface area contributed by atoms with E-state index in [0.717, 1.165) is 6.17 Å². The second-order valence-electron chi connectivity index (χ2n) is 7.88. The number of hydrogen-bond donors (Lipinski definition) is 3. The first-order chi connectivity index (χ1) is 13.9. The lowest BCUT2D eigenvalue weighted by Crippen LogP contribution is -2.48. The SMILES string of the molecule is C[Si](C)(CNc1nc(Cl)nc2c1ncn2[C@H]1C[C@H](O)[C@@H](CO)O1)c1ccccc1. The first kappa shape index (κ1) is 20.2. The third-order valence-electron chi connectivity index (χ3n) is 5.34. The highest BCUT2D eigenvalue weighted by Crippen LogP contribution is 2.32. The summed E-state index contributed by atoms with van der Waals surface area (Å²) in [6.07, 6.45) is 0.880. The summed E-state index contributed by atoms with van der Waals surface area (Å²) in [7, 11) is -1.74. The highest BCUT2D eigenvalue weighted by atomic mass is 35.5. The van der Waals surface area contributed by atoms with Gasteiger partial charge in [0.15, 0.2) is 17.0 Å². The minimum Gasteiger partial charge on any atom is -0.394 e. The summed E-state index contributed by atoms with van der Waals surface area (Å²) in [5.41, 5.74) is 1.13. The highest BCUT2D eigenvalue weighted by molar-refractivity contribution is 6.90. The molecule has 4 rings (SSSR count). The van der Waals surface area contributed by atoms with E-state index in [1.54, 1.807) is 10.9 Å². The van der Waals surface area contributed by atoms with Gasteiger partial charge < -0.3 is 20.3 Å². The van der Waals surface area contributed by atoms with Crippen molar-refractivity contribution in [2.24, 2.45) is 0 Å².